The molecule has 0 saturated carbocycles. The fraction of sp³-hybridized carbons (Fsp3) is 0.0625. The zero-order valence-corrected chi connectivity index (χ0v) is 11.2. The van der Waals surface area contributed by atoms with Gasteiger partial charge < -0.3 is 5.11 Å². The number of nitrogens with zero attached hydrogens (tertiary/aromatic N) is 3. The molecule has 0 amide bonds. The predicted octanol–water partition coefficient (Wildman–Crippen LogP) is 2.53. The highest BCUT2D eigenvalue weighted by Gasteiger charge is 2.09. The summed E-state index contributed by atoms with van der Waals surface area (Å²) in [5.74, 6) is 0.0539. The van der Waals surface area contributed by atoms with Gasteiger partial charge in [0.05, 0.1) is 6.20 Å². The molecule has 1 aromatic heterocycles. The summed E-state index contributed by atoms with van der Waals surface area (Å²) in [4.78, 5) is 12.1. The van der Waals surface area contributed by atoms with Crippen LogP contribution in [0.2, 0.25) is 0 Å². The fourth-order valence-corrected chi connectivity index (χ4v) is 2.00. The van der Waals surface area contributed by atoms with Gasteiger partial charge >= 0.3 is 0 Å². The minimum absolute atomic E-state index is 0.0838. The van der Waals surface area contributed by atoms with Gasteiger partial charge in [0.25, 0.3) is 0 Å². The smallest absolute Gasteiger partial charge is 0.184 e. The Morgan fingerprint density at radius 1 is 1.05 bits per heavy atom. The third kappa shape index (κ3) is 2.97. The zero-order chi connectivity index (χ0) is 14.7. The van der Waals surface area contributed by atoms with Crippen LogP contribution in [0.4, 0.5) is 0 Å². The molecule has 0 aliphatic carbocycles. The minimum Gasteiger partial charge on any atom is -0.508 e. The second kappa shape index (κ2) is 5.58. The summed E-state index contributed by atoms with van der Waals surface area (Å²) < 4.78 is 1.51. The second-order valence-corrected chi connectivity index (χ2v) is 4.64. The van der Waals surface area contributed by atoms with Gasteiger partial charge in [-0.25, -0.2) is 4.68 Å². The van der Waals surface area contributed by atoms with Crippen LogP contribution < -0.4 is 0 Å². The normalized spacial score (nSPS) is 10.5. The zero-order valence-electron chi connectivity index (χ0n) is 11.2. The van der Waals surface area contributed by atoms with Crippen LogP contribution in [-0.2, 0) is 6.54 Å². The number of aromatic nitrogens is 3. The summed E-state index contributed by atoms with van der Waals surface area (Å²) in [5, 5.41) is 17.3. The average molecular weight is 279 g/mol. The van der Waals surface area contributed by atoms with Crippen molar-refractivity contribution < 1.29 is 9.90 Å². The summed E-state index contributed by atoms with van der Waals surface area (Å²) in [6, 6.07) is 15.8. The van der Waals surface area contributed by atoms with E-state index in [0.29, 0.717) is 5.56 Å². The Morgan fingerprint density at radius 2 is 1.76 bits per heavy atom. The molecule has 21 heavy (non-hydrogen) atoms. The molecule has 104 valence electrons. The molecule has 3 aromatic rings. The molecule has 0 aliphatic heterocycles. The van der Waals surface area contributed by atoms with E-state index in [1.54, 1.807) is 18.3 Å². The number of benzene rings is 2. The van der Waals surface area contributed by atoms with Gasteiger partial charge in [-0.1, -0.05) is 35.5 Å². The third-order valence-electron chi connectivity index (χ3n) is 3.10. The summed E-state index contributed by atoms with van der Waals surface area (Å²) in [5.41, 5.74) is 2.22. The van der Waals surface area contributed by atoms with E-state index in [2.05, 4.69) is 10.3 Å². The van der Waals surface area contributed by atoms with Crippen molar-refractivity contribution >= 4 is 5.78 Å². The Kier molecular flexibility index (Phi) is 3.47. The van der Waals surface area contributed by atoms with Gasteiger partial charge in [0, 0.05) is 11.1 Å². The molecule has 0 fully saturated rings. The Hall–Kier alpha value is -2.95. The average Bonchev–Trinajstić information content (AvgIpc) is 2.97. The molecule has 0 bridgehead atoms. The van der Waals surface area contributed by atoms with E-state index in [0.717, 1.165) is 11.3 Å². The molecule has 1 N–H and O–H groups in total. The highest BCUT2D eigenvalue weighted by Crippen LogP contribution is 2.15. The number of ketones is 1. The molecule has 1 heterocycles. The first-order chi connectivity index (χ1) is 10.2. The molecule has 0 radical (unpaired) electrons. The number of phenolic OH excluding ortho intramolecular Hbond substituents is 1. The highest BCUT2D eigenvalue weighted by molar-refractivity contribution is 5.95. The Labute approximate surface area is 121 Å². The number of hydrogen-bond donors (Lipinski definition) is 1. The van der Waals surface area contributed by atoms with Crippen LogP contribution >= 0.6 is 0 Å². The van der Waals surface area contributed by atoms with Crippen LogP contribution in [0.25, 0.3) is 11.3 Å². The molecule has 0 spiro atoms. The number of phenols is 1. The number of carbonyl (C=O) groups is 1. The summed E-state index contributed by atoms with van der Waals surface area (Å²) in [6.07, 6.45) is 1.74. The van der Waals surface area contributed by atoms with E-state index < -0.39 is 0 Å². The lowest BCUT2D eigenvalue weighted by Gasteiger charge is -2.00. The van der Waals surface area contributed by atoms with Crippen molar-refractivity contribution in [3.05, 3.63) is 66.4 Å². The maximum Gasteiger partial charge on any atom is 0.184 e. The van der Waals surface area contributed by atoms with Gasteiger partial charge in [0.15, 0.2) is 5.78 Å². The maximum atomic E-state index is 12.1. The van der Waals surface area contributed by atoms with E-state index in [9.17, 15) is 9.90 Å². The second-order valence-electron chi connectivity index (χ2n) is 4.64. The Bertz CT molecular complexity index is 749. The first kappa shape index (κ1) is 13.1. The van der Waals surface area contributed by atoms with Crippen molar-refractivity contribution in [2.24, 2.45) is 0 Å². The quantitative estimate of drug-likeness (QED) is 0.745. The largest absolute Gasteiger partial charge is 0.508 e. The van der Waals surface area contributed by atoms with Crippen LogP contribution in [0.3, 0.4) is 0 Å². The number of carbonyl (C=O) groups excluding carboxylic acids is 1. The number of hydrogen-bond acceptors (Lipinski definition) is 4. The first-order valence-electron chi connectivity index (χ1n) is 6.50. The first-order valence-corrected chi connectivity index (χ1v) is 6.50. The molecular weight excluding hydrogens is 266 g/mol. The topological polar surface area (TPSA) is 68.0 Å². The maximum absolute atomic E-state index is 12.1. The lowest BCUT2D eigenvalue weighted by molar-refractivity contribution is 0.0967. The van der Waals surface area contributed by atoms with Crippen molar-refractivity contribution in [2.75, 3.05) is 0 Å². The third-order valence-corrected chi connectivity index (χ3v) is 3.10. The minimum atomic E-state index is -0.0838. The lowest BCUT2D eigenvalue weighted by Crippen LogP contribution is -2.10. The fourth-order valence-electron chi connectivity index (χ4n) is 2.00. The van der Waals surface area contributed by atoms with E-state index in [1.165, 1.54) is 16.8 Å². The van der Waals surface area contributed by atoms with Crippen LogP contribution in [0, 0.1) is 0 Å². The summed E-state index contributed by atoms with van der Waals surface area (Å²) >= 11 is 0. The van der Waals surface area contributed by atoms with Gasteiger partial charge in [-0.15, -0.1) is 5.10 Å². The molecule has 0 atom stereocenters. The predicted molar refractivity (Wildman–Crippen MR) is 77.9 cm³/mol. The van der Waals surface area contributed by atoms with Crippen LogP contribution in [0.1, 0.15) is 10.4 Å². The Balaban J connectivity index is 1.75. The summed E-state index contributed by atoms with van der Waals surface area (Å²) in [6.45, 7) is 0.116. The molecule has 5 heteroatoms. The van der Waals surface area contributed by atoms with Crippen molar-refractivity contribution in [3.8, 4) is 17.0 Å². The number of Topliss-reactive ketones (excluding diaryl/α,β-unsaturated/α-hetero) is 1. The van der Waals surface area contributed by atoms with Crippen molar-refractivity contribution in [1.82, 2.24) is 15.0 Å². The van der Waals surface area contributed by atoms with Gasteiger partial charge in [0.1, 0.15) is 18.0 Å². The molecule has 0 aliphatic rings. The standard InChI is InChI=1S/C16H13N3O2/c20-14-8-6-13(7-9-14)16(21)11-19-10-15(17-18-19)12-4-2-1-3-5-12/h1-10,20H,11H2. The van der Waals surface area contributed by atoms with Crippen molar-refractivity contribution in [2.45, 2.75) is 6.54 Å². The van der Waals surface area contributed by atoms with E-state index in [1.807, 2.05) is 30.3 Å². The van der Waals surface area contributed by atoms with Gasteiger partial charge in [-0.2, -0.15) is 0 Å². The van der Waals surface area contributed by atoms with Crippen LogP contribution in [0.5, 0.6) is 5.75 Å². The van der Waals surface area contributed by atoms with Crippen LogP contribution in [0.15, 0.2) is 60.8 Å². The number of rotatable bonds is 4. The number of aromatic hydroxyl groups is 1. The van der Waals surface area contributed by atoms with E-state index in [-0.39, 0.29) is 18.1 Å². The monoisotopic (exact) mass is 279 g/mol. The van der Waals surface area contributed by atoms with Gasteiger partial charge in [0.2, 0.25) is 0 Å². The summed E-state index contributed by atoms with van der Waals surface area (Å²) in [7, 11) is 0. The molecule has 2 aromatic carbocycles. The molecule has 5 nitrogen and oxygen atoms in total. The van der Waals surface area contributed by atoms with Crippen LogP contribution in [-0.4, -0.2) is 25.9 Å². The molecular formula is C16H13N3O2. The SMILES string of the molecule is O=C(Cn1cc(-c2ccccc2)nn1)c1ccc(O)cc1. The van der Waals surface area contributed by atoms with Crippen molar-refractivity contribution in [3.63, 3.8) is 0 Å². The lowest BCUT2D eigenvalue weighted by atomic mass is 10.1. The highest BCUT2D eigenvalue weighted by atomic mass is 16.3. The molecule has 3 rings (SSSR count). The van der Waals surface area contributed by atoms with Gasteiger partial charge in [-0.05, 0) is 24.3 Å². The molecule has 0 saturated heterocycles. The Morgan fingerprint density at radius 3 is 2.48 bits per heavy atom. The van der Waals surface area contributed by atoms with Crippen molar-refractivity contribution in [1.29, 1.82) is 0 Å². The van der Waals surface area contributed by atoms with E-state index >= 15 is 0 Å². The van der Waals surface area contributed by atoms with E-state index in [4.69, 9.17) is 0 Å². The van der Waals surface area contributed by atoms with Gasteiger partial charge in [-0.3, -0.25) is 4.79 Å². The molecule has 0 unspecified atom stereocenters.